The standard InChI is InChI=1S/C61H104O12S/c1-3-5-7-9-11-13-15-17-19-21-23-25-27-29-31-33-35-37-39-41-43-45-47-49-51-69-53-55(54-70-61-59(65)60(73-74(66,67)68)58(64)56(52-62)72-61)71-57(63)50-48-46-44-42-40-38-36-34-32-30-28-26-24-22-20-18-16-14-12-10-8-6-4-2/h5-8,11-14,17-20,23-26,55-56,58-62,64-65H,3-4,9-10,15-16,21-22,27-54H2,1-2H3,(H,66,67,68)/b7-5-,8-6-,13-11-,14-12-,19-17-,20-18-,25-23-,26-24-. The number of esters is 1. The van der Waals surface area contributed by atoms with Gasteiger partial charge in [0.2, 0.25) is 0 Å². The minimum Gasteiger partial charge on any atom is -0.457 e. The highest BCUT2D eigenvalue weighted by atomic mass is 32.3. The third-order valence-corrected chi connectivity index (χ3v) is 13.2. The molecule has 6 atom stereocenters. The zero-order chi connectivity index (χ0) is 53.8. The summed E-state index contributed by atoms with van der Waals surface area (Å²) in [6, 6.07) is 0. The van der Waals surface area contributed by atoms with E-state index in [4.69, 9.17) is 18.9 Å². The SMILES string of the molecule is CC/C=C\C/C=C\C/C=C\C/C=C\CCCCCCCCCCCCCOCC(COC1OC(CO)C(O)C(OS(=O)(=O)O)C1O)OC(=O)CCCCCCCCCCCC/C=C\C/C=C\C/C=C\C/C=C\CC. The van der Waals surface area contributed by atoms with Crippen LogP contribution in [0.4, 0.5) is 0 Å². The van der Waals surface area contributed by atoms with Crippen LogP contribution in [0, 0.1) is 0 Å². The van der Waals surface area contributed by atoms with Crippen LogP contribution in [-0.2, 0) is 38.3 Å². The van der Waals surface area contributed by atoms with Crippen LogP contribution < -0.4 is 0 Å². The zero-order valence-corrected chi connectivity index (χ0v) is 46.9. The first-order chi connectivity index (χ1) is 36.1. The summed E-state index contributed by atoms with van der Waals surface area (Å²) >= 11 is 0. The summed E-state index contributed by atoms with van der Waals surface area (Å²) in [6.45, 7) is 3.77. The summed E-state index contributed by atoms with van der Waals surface area (Å²) in [7, 11) is -5.07. The summed E-state index contributed by atoms with van der Waals surface area (Å²) in [5.41, 5.74) is 0. The van der Waals surface area contributed by atoms with E-state index in [1.54, 1.807) is 0 Å². The van der Waals surface area contributed by atoms with Crippen LogP contribution in [0.3, 0.4) is 0 Å². The second kappa shape index (κ2) is 50.8. The van der Waals surface area contributed by atoms with E-state index >= 15 is 0 Å². The molecule has 74 heavy (non-hydrogen) atoms. The summed E-state index contributed by atoms with van der Waals surface area (Å²) in [6.07, 6.45) is 61.5. The number of unbranched alkanes of at least 4 members (excludes halogenated alkanes) is 21. The molecule has 6 unspecified atom stereocenters. The Morgan fingerprint density at radius 3 is 1.30 bits per heavy atom. The number of hydrogen-bond donors (Lipinski definition) is 4. The van der Waals surface area contributed by atoms with Gasteiger partial charge in [0.05, 0.1) is 19.8 Å². The second-order valence-corrected chi connectivity index (χ2v) is 20.5. The Balaban J connectivity index is 2.30. The number of carbonyl (C=O) groups is 1. The van der Waals surface area contributed by atoms with Crippen molar-refractivity contribution >= 4 is 16.4 Å². The van der Waals surface area contributed by atoms with Gasteiger partial charge in [0, 0.05) is 13.0 Å². The quantitative estimate of drug-likeness (QED) is 0.0196. The molecule has 4 N–H and O–H groups in total. The Hall–Kier alpha value is -2.98. The molecular formula is C61H104O12S. The highest BCUT2D eigenvalue weighted by Crippen LogP contribution is 2.26. The molecule has 0 bridgehead atoms. The first-order valence-corrected chi connectivity index (χ1v) is 30.4. The van der Waals surface area contributed by atoms with Crippen molar-refractivity contribution in [3.8, 4) is 0 Å². The van der Waals surface area contributed by atoms with Gasteiger partial charge >= 0.3 is 16.4 Å². The molecule has 0 aromatic carbocycles. The lowest BCUT2D eigenvalue weighted by Crippen LogP contribution is -2.60. The number of carbonyl (C=O) groups excluding carboxylic acids is 1. The van der Waals surface area contributed by atoms with Gasteiger partial charge in [-0.3, -0.25) is 9.35 Å². The monoisotopic (exact) mass is 1060 g/mol. The van der Waals surface area contributed by atoms with Crippen LogP contribution in [0.2, 0.25) is 0 Å². The number of aliphatic hydroxyl groups excluding tert-OH is 3. The molecule has 1 aliphatic rings. The van der Waals surface area contributed by atoms with Crippen molar-refractivity contribution in [3.63, 3.8) is 0 Å². The molecule has 12 nitrogen and oxygen atoms in total. The van der Waals surface area contributed by atoms with Crippen molar-refractivity contribution in [1.29, 1.82) is 0 Å². The van der Waals surface area contributed by atoms with Gasteiger partial charge in [-0.05, 0) is 89.9 Å². The third kappa shape index (κ3) is 43.2. The van der Waals surface area contributed by atoms with E-state index in [2.05, 4.69) is 115 Å². The zero-order valence-electron chi connectivity index (χ0n) is 46.1. The Kier molecular flexibility index (Phi) is 47.4. The molecule has 0 aromatic heterocycles. The minimum atomic E-state index is -5.07. The minimum absolute atomic E-state index is 0.0272. The molecule has 1 aliphatic heterocycles. The van der Waals surface area contributed by atoms with E-state index in [1.165, 1.54) is 89.9 Å². The molecule has 426 valence electrons. The number of allylic oxidation sites excluding steroid dienone is 16. The predicted octanol–water partition coefficient (Wildman–Crippen LogP) is 14.5. The van der Waals surface area contributed by atoms with Gasteiger partial charge in [0.25, 0.3) is 0 Å². The molecule has 0 aliphatic carbocycles. The molecular weight excluding hydrogens is 957 g/mol. The molecule has 13 heteroatoms. The average Bonchev–Trinajstić information content (AvgIpc) is 3.38. The maximum absolute atomic E-state index is 13.0. The highest BCUT2D eigenvalue weighted by Gasteiger charge is 2.48. The lowest BCUT2D eigenvalue weighted by atomic mass is 9.99. The van der Waals surface area contributed by atoms with Crippen molar-refractivity contribution in [1.82, 2.24) is 0 Å². The lowest BCUT2D eigenvalue weighted by Gasteiger charge is -2.41. The van der Waals surface area contributed by atoms with Crippen molar-refractivity contribution in [2.75, 3.05) is 26.4 Å². The van der Waals surface area contributed by atoms with E-state index in [9.17, 15) is 33.1 Å². The van der Waals surface area contributed by atoms with E-state index in [0.29, 0.717) is 13.0 Å². The maximum atomic E-state index is 13.0. The molecule has 0 radical (unpaired) electrons. The van der Waals surface area contributed by atoms with E-state index < -0.39 is 59.8 Å². The largest absolute Gasteiger partial charge is 0.457 e. The number of aliphatic hydroxyl groups is 3. The molecule has 0 aromatic rings. The van der Waals surface area contributed by atoms with Crippen LogP contribution in [0.1, 0.15) is 219 Å². The van der Waals surface area contributed by atoms with Gasteiger partial charge in [-0.15, -0.1) is 0 Å². The summed E-state index contributed by atoms with van der Waals surface area (Å²) < 4.78 is 59.5. The normalized spacial score (nSPS) is 19.5. The van der Waals surface area contributed by atoms with Gasteiger partial charge < -0.3 is 34.3 Å². The van der Waals surface area contributed by atoms with Gasteiger partial charge in [-0.25, -0.2) is 4.18 Å². The number of hydrogen-bond acceptors (Lipinski definition) is 11. The van der Waals surface area contributed by atoms with Crippen LogP contribution >= 0.6 is 0 Å². The third-order valence-electron chi connectivity index (χ3n) is 12.7. The second-order valence-electron chi connectivity index (χ2n) is 19.5. The summed E-state index contributed by atoms with van der Waals surface area (Å²) in [4.78, 5) is 13.0. The van der Waals surface area contributed by atoms with Gasteiger partial charge in [-0.2, -0.15) is 8.42 Å². The average molecular weight is 1060 g/mol. The van der Waals surface area contributed by atoms with Gasteiger partial charge in [0.1, 0.15) is 30.5 Å². The highest BCUT2D eigenvalue weighted by molar-refractivity contribution is 7.80. The van der Waals surface area contributed by atoms with Gasteiger partial charge in [-0.1, -0.05) is 220 Å². The summed E-state index contributed by atoms with van der Waals surface area (Å²) in [5, 5.41) is 30.9. The van der Waals surface area contributed by atoms with Crippen molar-refractivity contribution < 1.29 is 56.2 Å². The Morgan fingerprint density at radius 2 is 0.892 bits per heavy atom. The molecule has 0 spiro atoms. The molecule has 1 rings (SSSR count). The predicted molar refractivity (Wildman–Crippen MR) is 303 cm³/mol. The lowest BCUT2D eigenvalue weighted by molar-refractivity contribution is -0.301. The molecule has 1 saturated heterocycles. The molecule has 0 saturated carbocycles. The Labute approximate surface area is 450 Å². The topological polar surface area (TPSA) is 178 Å². The molecule has 0 amide bonds. The van der Waals surface area contributed by atoms with Crippen LogP contribution in [-0.4, -0.2) is 97.5 Å². The fourth-order valence-corrected chi connectivity index (χ4v) is 8.93. The van der Waals surface area contributed by atoms with Crippen molar-refractivity contribution in [2.24, 2.45) is 0 Å². The smallest absolute Gasteiger partial charge is 0.397 e. The van der Waals surface area contributed by atoms with Crippen molar-refractivity contribution in [2.45, 2.75) is 256 Å². The van der Waals surface area contributed by atoms with E-state index in [-0.39, 0.29) is 19.6 Å². The first-order valence-electron chi connectivity index (χ1n) is 29.0. The molecule has 1 fully saturated rings. The summed E-state index contributed by atoms with van der Waals surface area (Å²) in [5.74, 6) is -0.407. The molecule has 1 heterocycles. The fourth-order valence-electron chi connectivity index (χ4n) is 8.42. The number of rotatable bonds is 50. The maximum Gasteiger partial charge on any atom is 0.397 e. The van der Waals surface area contributed by atoms with Crippen LogP contribution in [0.5, 0.6) is 0 Å². The number of ether oxygens (including phenoxy) is 4. The fraction of sp³-hybridized carbons (Fsp3) is 0.721. The first kappa shape index (κ1) is 69.0. The van der Waals surface area contributed by atoms with Crippen LogP contribution in [0.25, 0.3) is 0 Å². The van der Waals surface area contributed by atoms with Gasteiger partial charge in [0.15, 0.2) is 6.29 Å². The Bertz CT molecular complexity index is 1650. The van der Waals surface area contributed by atoms with E-state index in [1.807, 2.05) is 0 Å². The van der Waals surface area contributed by atoms with Crippen LogP contribution in [0.15, 0.2) is 97.2 Å². The van der Waals surface area contributed by atoms with E-state index in [0.717, 1.165) is 103 Å². The Morgan fingerprint density at radius 1 is 0.514 bits per heavy atom. The van der Waals surface area contributed by atoms with Crippen molar-refractivity contribution in [3.05, 3.63) is 97.2 Å².